The number of carbonyl (C=O) groups is 2. The molecular formula is C14H18N4O3. The van der Waals surface area contributed by atoms with E-state index in [1.54, 1.807) is 23.1 Å². The van der Waals surface area contributed by atoms with Gasteiger partial charge in [0.25, 0.3) is 5.91 Å². The summed E-state index contributed by atoms with van der Waals surface area (Å²) >= 11 is 0. The van der Waals surface area contributed by atoms with E-state index in [0.29, 0.717) is 11.1 Å². The lowest BCUT2D eigenvalue weighted by Crippen LogP contribution is -2.45. The maximum Gasteiger partial charge on any atom is 0.305 e. The first kappa shape index (κ1) is 15.0. The summed E-state index contributed by atoms with van der Waals surface area (Å²) < 4.78 is 1.55. The number of nitrogens with zero attached hydrogens (tertiary/aromatic N) is 3. The van der Waals surface area contributed by atoms with Gasteiger partial charge in [0.15, 0.2) is 0 Å². The molecule has 2 N–H and O–H groups in total. The summed E-state index contributed by atoms with van der Waals surface area (Å²) in [5.41, 5.74) is 0.593. The summed E-state index contributed by atoms with van der Waals surface area (Å²) in [6.07, 6.45) is 6.08. The highest BCUT2D eigenvalue weighted by molar-refractivity contribution is 6.00. The lowest BCUT2D eigenvalue weighted by atomic mass is 9.84. The molecule has 2 aromatic heterocycles. The number of carbonyl (C=O) groups excluding carboxylic acids is 1. The topological polar surface area (TPSA) is 96.6 Å². The van der Waals surface area contributed by atoms with Crippen LogP contribution in [0.3, 0.4) is 0 Å². The smallest absolute Gasteiger partial charge is 0.305 e. The number of fused-ring (bicyclic) bond motifs is 1. The van der Waals surface area contributed by atoms with Crippen molar-refractivity contribution in [2.75, 3.05) is 0 Å². The molecule has 21 heavy (non-hydrogen) atoms. The van der Waals surface area contributed by atoms with Crippen molar-refractivity contribution in [3.05, 3.63) is 30.4 Å². The van der Waals surface area contributed by atoms with Crippen molar-refractivity contribution in [3.8, 4) is 0 Å². The first-order valence-corrected chi connectivity index (χ1v) is 6.59. The summed E-state index contributed by atoms with van der Waals surface area (Å²) in [5.74, 6) is -1.30. The van der Waals surface area contributed by atoms with E-state index in [2.05, 4.69) is 15.4 Å². The average molecular weight is 290 g/mol. The second-order valence-electron chi connectivity index (χ2n) is 5.95. The molecule has 0 saturated heterocycles. The van der Waals surface area contributed by atoms with E-state index in [0.717, 1.165) is 0 Å². The average Bonchev–Trinajstić information content (AvgIpc) is 2.80. The minimum atomic E-state index is -0.947. The monoisotopic (exact) mass is 290 g/mol. The van der Waals surface area contributed by atoms with Crippen molar-refractivity contribution in [2.24, 2.45) is 5.41 Å². The Kier molecular flexibility index (Phi) is 3.93. The third-order valence-corrected chi connectivity index (χ3v) is 3.30. The zero-order valence-electron chi connectivity index (χ0n) is 12.2. The molecular weight excluding hydrogens is 272 g/mol. The molecule has 112 valence electrons. The summed E-state index contributed by atoms with van der Waals surface area (Å²) in [5, 5.41) is 15.8. The van der Waals surface area contributed by atoms with Crippen molar-refractivity contribution in [3.63, 3.8) is 0 Å². The van der Waals surface area contributed by atoms with Gasteiger partial charge in [-0.25, -0.2) is 4.52 Å². The zero-order chi connectivity index (χ0) is 15.6. The van der Waals surface area contributed by atoms with Crippen LogP contribution < -0.4 is 5.32 Å². The molecule has 0 aromatic carbocycles. The molecule has 1 unspecified atom stereocenters. The van der Waals surface area contributed by atoms with E-state index in [-0.39, 0.29) is 17.7 Å². The number of rotatable bonds is 4. The molecule has 0 fully saturated rings. The molecule has 1 amide bonds. The molecule has 0 radical (unpaired) electrons. The normalized spacial score (nSPS) is 13.1. The van der Waals surface area contributed by atoms with E-state index in [4.69, 9.17) is 5.11 Å². The third-order valence-electron chi connectivity index (χ3n) is 3.30. The van der Waals surface area contributed by atoms with Crippen molar-refractivity contribution in [1.29, 1.82) is 0 Å². The van der Waals surface area contributed by atoms with Gasteiger partial charge < -0.3 is 10.4 Å². The van der Waals surface area contributed by atoms with Crippen LogP contribution in [0.1, 0.15) is 37.6 Å². The van der Waals surface area contributed by atoms with Crippen LogP contribution in [-0.4, -0.2) is 37.6 Å². The molecule has 2 heterocycles. The maximum atomic E-state index is 12.4. The van der Waals surface area contributed by atoms with Gasteiger partial charge in [-0.2, -0.15) is 5.10 Å². The summed E-state index contributed by atoms with van der Waals surface area (Å²) in [6.45, 7) is 5.66. The fraction of sp³-hybridized carbons (Fsp3) is 0.429. The third kappa shape index (κ3) is 3.36. The van der Waals surface area contributed by atoms with E-state index in [1.165, 1.54) is 6.20 Å². The fourth-order valence-electron chi connectivity index (χ4n) is 1.99. The molecule has 2 rings (SSSR count). The van der Waals surface area contributed by atoms with Gasteiger partial charge in [-0.1, -0.05) is 20.8 Å². The lowest BCUT2D eigenvalue weighted by molar-refractivity contribution is -0.138. The highest BCUT2D eigenvalue weighted by atomic mass is 16.4. The van der Waals surface area contributed by atoms with Gasteiger partial charge in [-0.15, -0.1) is 0 Å². The number of nitrogens with one attached hydrogen (secondary N) is 1. The molecule has 7 heteroatoms. The van der Waals surface area contributed by atoms with Gasteiger partial charge in [0.1, 0.15) is 0 Å². The molecule has 0 aliphatic carbocycles. The highest BCUT2D eigenvalue weighted by Crippen LogP contribution is 2.22. The Hall–Kier alpha value is -2.44. The second-order valence-corrected chi connectivity index (χ2v) is 5.95. The number of aromatic nitrogens is 3. The van der Waals surface area contributed by atoms with Crippen molar-refractivity contribution in [1.82, 2.24) is 19.9 Å². The van der Waals surface area contributed by atoms with Crippen LogP contribution in [0.15, 0.2) is 24.8 Å². The Bertz CT molecular complexity index is 672. The number of carboxylic acid groups (broad SMARTS) is 1. The minimum absolute atomic E-state index is 0.132. The van der Waals surface area contributed by atoms with E-state index in [1.807, 2.05) is 20.8 Å². The van der Waals surface area contributed by atoms with Crippen molar-refractivity contribution < 1.29 is 14.7 Å². The number of hydrogen-bond donors (Lipinski definition) is 2. The van der Waals surface area contributed by atoms with Crippen molar-refractivity contribution >= 4 is 17.4 Å². The van der Waals surface area contributed by atoms with Crippen LogP contribution in [0.4, 0.5) is 0 Å². The molecule has 7 nitrogen and oxygen atoms in total. The van der Waals surface area contributed by atoms with Gasteiger partial charge in [0.05, 0.1) is 29.9 Å². The van der Waals surface area contributed by atoms with E-state index >= 15 is 0 Å². The Morgan fingerprint density at radius 3 is 2.71 bits per heavy atom. The van der Waals surface area contributed by atoms with Crippen LogP contribution in [0.2, 0.25) is 0 Å². The maximum absolute atomic E-state index is 12.4. The first-order chi connectivity index (χ1) is 9.79. The molecule has 0 saturated carbocycles. The zero-order valence-corrected chi connectivity index (χ0v) is 12.2. The van der Waals surface area contributed by atoms with Crippen LogP contribution in [0.25, 0.3) is 5.52 Å². The van der Waals surface area contributed by atoms with Gasteiger partial charge in [-0.05, 0) is 5.41 Å². The van der Waals surface area contributed by atoms with Gasteiger partial charge in [-0.3, -0.25) is 14.6 Å². The fourth-order valence-corrected chi connectivity index (χ4v) is 1.99. The Labute approximate surface area is 122 Å². The highest BCUT2D eigenvalue weighted by Gasteiger charge is 2.29. The molecule has 1 atom stereocenters. The predicted molar refractivity (Wildman–Crippen MR) is 75.9 cm³/mol. The predicted octanol–water partition coefficient (Wildman–Crippen LogP) is 1.35. The number of carboxylic acids is 1. The summed E-state index contributed by atoms with van der Waals surface area (Å²) in [4.78, 5) is 27.3. The Morgan fingerprint density at radius 2 is 2.10 bits per heavy atom. The summed E-state index contributed by atoms with van der Waals surface area (Å²) in [7, 11) is 0. The largest absolute Gasteiger partial charge is 0.481 e. The molecule has 2 aromatic rings. The SMILES string of the molecule is CC(C)(C)C(CC(=O)O)NC(=O)c1cnn2ccncc12. The van der Waals surface area contributed by atoms with E-state index in [9.17, 15) is 9.59 Å². The van der Waals surface area contributed by atoms with E-state index < -0.39 is 12.0 Å². The number of amides is 1. The number of hydrogen-bond acceptors (Lipinski definition) is 4. The standard InChI is InChI=1S/C14H18N4O3/c1-14(2,3)11(6-12(19)20)17-13(21)9-7-16-18-5-4-15-8-10(9)18/h4-5,7-8,11H,6H2,1-3H3,(H,17,21)(H,19,20). The van der Waals surface area contributed by atoms with Gasteiger partial charge >= 0.3 is 5.97 Å². The first-order valence-electron chi connectivity index (χ1n) is 6.59. The van der Waals surface area contributed by atoms with Crippen LogP contribution in [-0.2, 0) is 4.79 Å². The van der Waals surface area contributed by atoms with Gasteiger partial charge in [0.2, 0.25) is 0 Å². The van der Waals surface area contributed by atoms with Crippen LogP contribution >= 0.6 is 0 Å². The molecule has 0 spiro atoms. The summed E-state index contributed by atoms with van der Waals surface area (Å²) in [6, 6.07) is -0.478. The second kappa shape index (κ2) is 5.51. The van der Waals surface area contributed by atoms with Crippen molar-refractivity contribution in [2.45, 2.75) is 33.2 Å². The lowest BCUT2D eigenvalue weighted by Gasteiger charge is -2.30. The molecule has 0 aliphatic rings. The molecule has 0 bridgehead atoms. The van der Waals surface area contributed by atoms with Crippen LogP contribution in [0.5, 0.6) is 0 Å². The van der Waals surface area contributed by atoms with Crippen LogP contribution in [0, 0.1) is 5.41 Å². The number of aliphatic carboxylic acids is 1. The Balaban J connectivity index is 2.25. The van der Waals surface area contributed by atoms with Gasteiger partial charge in [0, 0.05) is 18.4 Å². The minimum Gasteiger partial charge on any atom is -0.481 e. The quantitative estimate of drug-likeness (QED) is 0.886. The molecule has 0 aliphatic heterocycles. The Morgan fingerprint density at radius 1 is 1.38 bits per heavy atom.